The normalized spacial score (nSPS) is 13.3. The highest BCUT2D eigenvalue weighted by atomic mass is 32.1. The lowest BCUT2D eigenvalue weighted by molar-refractivity contribution is -0.116. The number of hydrogen-bond donors (Lipinski definition) is 1. The van der Waals surface area contributed by atoms with Crippen molar-refractivity contribution in [2.24, 2.45) is 0 Å². The van der Waals surface area contributed by atoms with Crippen molar-refractivity contribution in [1.29, 1.82) is 0 Å². The van der Waals surface area contributed by atoms with Crippen LogP contribution in [0.15, 0.2) is 24.3 Å². The monoisotopic (exact) mass is 343 g/mol. The van der Waals surface area contributed by atoms with Crippen LogP contribution in [0.4, 0.5) is 5.13 Å². The number of fused-ring (bicyclic) bond motifs is 1. The molecule has 0 spiro atoms. The fraction of sp³-hybridized carbons (Fsp3) is 0.294. The third-order valence-corrected chi connectivity index (χ3v) is 4.84. The fourth-order valence-electron chi connectivity index (χ4n) is 2.65. The van der Waals surface area contributed by atoms with Crippen molar-refractivity contribution < 1.29 is 14.4 Å². The number of aryl methyl sites for hydroxylation is 2. The molecule has 0 radical (unpaired) electrons. The molecule has 1 aromatic carbocycles. The summed E-state index contributed by atoms with van der Waals surface area (Å²) in [6, 6.07) is 6.69. The minimum absolute atomic E-state index is 0.0472. The molecule has 0 saturated heterocycles. The first-order valence-corrected chi connectivity index (χ1v) is 8.54. The van der Waals surface area contributed by atoms with E-state index in [1.165, 1.54) is 11.3 Å². The Balaban J connectivity index is 1.61. The molecule has 124 valence electrons. The number of carbonyl (C=O) groups excluding carboxylic acids is 3. The van der Waals surface area contributed by atoms with E-state index in [1.54, 1.807) is 24.3 Å². The Hall–Kier alpha value is -2.54. The Morgan fingerprint density at radius 3 is 2.38 bits per heavy atom. The number of carbonyl (C=O) groups is 3. The summed E-state index contributed by atoms with van der Waals surface area (Å²) in [6.07, 6.45) is 0.860. The molecule has 2 heterocycles. The number of rotatable bonds is 5. The fourth-order valence-corrected chi connectivity index (χ4v) is 3.57. The van der Waals surface area contributed by atoms with Crippen LogP contribution in [-0.4, -0.2) is 34.2 Å². The van der Waals surface area contributed by atoms with E-state index < -0.39 is 0 Å². The lowest BCUT2D eigenvalue weighted by Crippen LogP contribution is -2.32. The van der Waals surface area contributed by atoms with E-state index in [1.807, 2.05) is 13.8 Å². The van der Waals surface area contributed by atoms with Crippen LogP contribution in [0.2, 0.25) is 0 Å². The number of nitrogens with one attached hydrogen (secondary N) is 1. The summed E-state index contributed by atoms with van der Waals surface area (Å²) in [5, 5.41) is 3.28. The predicted octanol–water partition coefficient (Wildman–Crippen LogP) is 2.64. The topological polar surface area (TPSA) is 79.4 Å². The molecule has 0 bridgehead atoms. The average Bonchev–Trinajstić information content (AvgIpc) is 3.04. The zero-order valence-electron chi connectivity index (χ0n) is 13.5. The second kappa shape index (κ2) is 6.52. The van der Waals surface area contributed by atoms with Gasteiger partial charge in [-0.2, -0.15) is 0 Å². The quantitative estimate of drug-likeness (QED) is 0.847. The zero-order chi connectivity index (χ0) is 17.3. The van der Waals surface area contributed by atoms with Crippen LogP contribution in [0, 0.1) is 6.92 Å². The largest absolute Gasteiger partial charge is 0.302 e. The van der Waals surface area contributed by atoms with Crippen LogP contribution in [0.25, 0.3) is 0 Å². The van der Waals surface area contributed by atoms with E-state index in [4.69, 9.17) is 0 Å². The van der Waals surface area contributed by atoms with Crippen molar-refractivity contribution in [1.82, 2.24) is 9.88 Å². The van der Waals surface area contributed by atoms with Crippen LogP contribution in [0.3, 0.4) is 0 Å². The molecule has 7 heteroatoms. The first-order valence-electron chi connectivity index (χ1n) is 7.72. The van der Waals surface area contributed by atoms with Crippen molar-refractivity contribution in [2.75, 3.05) is 11.9 Å². The van der Waals surface area contributed by atoms with E-state index in [0.29, 0.717) is 16.3 Å². The van der Waals surface area contributed by atoms with Crippen LogP contribution < -0.4 is 5.32 Å². The number of aromatic nitrogens is 1. The maximum absolute atomic E-state index is 12.2. The Morgan fingerprint density at radius 2 is 1.83 bits per heavy atom. The van der Waals surface area contributed by atoms with Crippen molar-refractivity contribution >= 4 is 34.2 Å². The third kappa shape index (κ3) is 2.94. The molecule has 24 heavy (non-hydrogen) atoms. The second-order valence-corrected chi connectivity index (χ2v) is 6.68. The summed E-state index contributed by atoms with van der Waals surface area (Å²) in [5.74, 6) is -0.952. The number of thiazole rings is 1. The molecular weight excluding hydrogens is 326 g/mol. The molecule has 0 fully saturated rings. The first kappa shape index (κ1) is 16.3. The maximum atomic E-state index is 12.2. The number of benzene rings is 1. The smallest absolute Gasteiger partial charge is 0.261 e. The molecule has 0 atom stereocenters. The predicted molar refractivity (Wildman–Crippen MR) is 91.3 cm³/mol. The van der Waals surface area contributed by atoms with Gasteiger partial charge in [-0.15, -0.1) is 11.3 Å². The average molecular weight is 343 g/mol. The van der Waals surface area contributed by atoms with Crippen LogP contribution in [0.1, 0.15) is 44.6 Å². The van der Waals surface area contributed by atoms with Gasteiger partial charge in [-0.05, 0) is 25.5 Å². The number of imide groups is 1. The molecule has 1 aromatic heterocycles. The molecule has 0 aliphatic carbocycles. The van der Waals surface area contributed by atoms with E-state index in [2.05, 4.69) is 10.3 Å². The van der Waals surface area contributed by atoms with Gasteiger partial charge < -0.3 is 5.32 Å². The highest BCUT2D eigenvalue weighted by molar-refractivity contribution is 7.15. The zero-order valence-corrected chi connectivity index (χ0v) is 14.3. The molecule has 1 aliphatic rings. The summed E-state index contributed by atoms with van der Waals surface area (Å²) < 4.78 is 0. The molecule has 1 N–H and O–H groups in total. The summed E-state index contributed by atoms with van der Waals surface area (Å²) in [4.78, 5) is 43.1. The Kier molecular flexibility index (Phi) is 4.44. The Bertz CT molecular complexity index is 793. The molecule has 2 aromatic rings. The summed E-state index contributed by atoms with van der Waals surface area (Å²) in [5.41, 5.74) is 1.76. The number of anilines is 1. The van der Waals surface area contributed by atoms with Crippen LogP contribution in [0.5, 0.6) is 0 Å². The van der Waals surface area contributed by atoms with Gasteiger partial charge in [-0.1, -0.05) is 19.1 Å². The minimum atomic E-state index is -0.346. The van der Waals surface area contributed by atoms with Gasteiger partial charge in [0.2, 0.25) is 5.91 Å². The Labute approximate surface area is 143 Å². The lowest BCUT2D eigenvalue weighted by atomic mass is 10.1. The highest BCUT2D eigenvalue weighted by Crippen LogP contribution is 2.24. The van der Waals surface area contributed by atoms with Crippen LogP contribution >= 0.6 is 11.3 Å². The SMILES string of the molecule is CCc1nc(NC(=O)CCN2C(=O)c3ccccc3C2=O)sc1C. The lowest BCUT2D eigenvalue weighted by Gasteiger charge is -2.12. The Morgan fingerprint density at radius 1 is 1.21 bits per heavy atom. The van der Waals surface area contributed by atoms with Crippen molar-refractivity contribution in [3.63, 3.8) is 0 Å². The summed E-state index contributed by atoms with van der Waals surface area (Å²) in [7, 11) is 0. The summed E-state index contributed by atoms with van der Waals surface area (Å²) >= 11 is 1.43. The maximum Gasteiger partial charge on any atom is 0.261 e. The van der Waals surface area contributed by atoms with Gasteiger partial charge in [0.25, 0.3) is 11.8 Å². The third-order valence-electron chi connectivity index (χ3n) is 3.91. The van der Waals surface area contributed by atoms with Crippen LogP contribution in [-0.2, 0) is 11.2 Å². The van der Waals surface area contributed by atoms with Gasteiger partial charge in [0.1, 0.15) is 0 Å². The van der Waals surface area contributed by atoms with Gasteiger partial charge in [0.05, 0.1) is 16.8 Å². The number of hydrogen-bond acceptors (Lipinski definition) is 5. The van der Waals surface area contributed by atoms with E-state index in [0.717, 1.165) is 21.9 Å². The van der Waals surface area contributed by atoms with Crippen molar-refractivity contribution in [2.45, 2.75) is 26.7 Å². The van der Waals surface area contributed by atoms with E-state index in [9.17, 15) is 14.4 Å². The van der Waals surface area contributed by atoms with Gasteiger partial charge >= 0.3 is 0 Å². The highest BCUT2D eigenvalue weighted by Gasteiger charge is 2.34. The minimum Gasteiger partial charge on any atom is -0.302 e. The number of amides is 3. The van der Waals surface area contributed by atoms with E-state index in [-0.39, 0.29) is 30.7 Å². The molecule has 6 nitrogen and oxygen atoms in total. The van der Waals surface area contributed by atoms with Crippen molar-refractivity contribution in [3.8, 4) is 0 Å². The molecule has 0 unspecified atom stereocenters. The summed E-state index contributed by atoms with van der Waals surface area (Å²) in [6.45, 7) is 4.03. The van der Waals surface area contributed by atoms with Gasteiger partial charge in [-0.3, -0.25) is 19.3 Å². The van der Waals surface area contributed by atoms with Crippen molar-refractivity contribution in [3.05, 3.63) is 46.0 Å². The second-order valence-electron chi connectivity index (χ2n) is 5.48. The van der Waals surface area contributed by atoms with Gasteiger partial charge in [-0.25, -0.2) is 4.98 Å². The standard InChI is InChI=1S/C17H17N3O3S/c1-3-13-10(2)24-17(18-13)19-14(21)8-9-20-15(22)11-6-4-5-7-12(11)16(20)23/h4-7H,3,8-9H2,1-2H3,(H,18,19,21). The molecule has 1 aliphatic heterocycles. The van der Waals surface area contributed by atoms with E-state index >= 15 is 0 Å². The molecule has 3 amide bonds. The molecular formula is C17H17N3O3S. The number of nitrogens with zero attached hydrogens (tertiary/aromatic N) is 2. The molecule has 0 saturated carbocycles. The van der Waals surface area contributed by atoms with Gasteiger partial charge in [0, 0.05) is 17.8 Å². The first-order chi connectivity index (χ1) is 11.5. The van der Waals surface area contributed by atoms with Gasteiger partial charge in [0.15, 0.2) is 5.13 Å². The molecule has 3 rings (SSSR count).